The fourth-order valence-corrected chi connectivity index (χ4v) is 3.81. The van der Waals surface area contributed by atoms with Crippen molar-refractivity contribution in [3.05, 3.63) is 107 Å². The van der Waals surface area contributed by atoms with Crippen molar-refractivity contribution in [1.82, 2.24) is 10.3 Å². The van der Waals surface area contributed by atoms with E-state index >= 15 is 0 Å². The third kappa shape index (κ3) is 5.38. The van der Waals surface area contributed by atoms with Crippen LogP contribution in [0.4, 0.5) is 8.78 Å². The topological polar surface area (TPSA) is 74.6 Å². The first-order valence-electron chi connectivity index (χ1n) is 10.7. The fraction of sp³-hybridized carbons (Fsp3) is 0.192. The van der Waals surface area contributed by atoms with E-state index in [1.807, 2.05) is 12.1 Å². The van der Waals surface area contributed by atoms with Gasteiger partial charge >= 0.3 is 0 Å². The zero-order valence-corrected chi connectivity index (χ0v) is 17.8. The van der Waals surface area contributed by atoms with Crippen molar-refractivity contribution >= 4 is 17.2 Å². The maximum atomic E-state index is 14.9. The second kappa shape index (κ2) is 10.3. The minimum atomic E-state index is -0.554. The van der Waals surface area contributed by atoms with Crippen molar-refractivity contribution in [1.29, 1.82) is 0 Å². The predicted molar refractivity (Wildman–Crippen MR) is 123 cm³/mol. The molecule has 2 N–H and O–H groups in total. The molecule has 0 spiro atoms. The van der Waals surface area contributed by atoms with E-state index in [0.29, 0.717) is 25.1 Å². The number of aliphatic hydroxyl groups is 1. The smallest absolute Gasteiger partial charge is 0.252 e. The van der Waals surface area contributed by atoms with Crippen LogP contribution >= 0.6 is 0 Å². The van der Waals surface area contributed by atoms with E-state index in [-0.39, 0.29) is 29.6 Å². The molecule has 2 heterocycles. The maximum absolute atomic E-state index is 14.9. The Balaban J connectivity index is 1.58. The number of halogens is 2. The summed E-state index contributed by atoms with van der Waals surface area (Å²) in [5, 5.41) is 12.3. The number of carbonyl (C=O) groups excluding carboxylic acids is 1. The van der Waals surface area contributed by atoms with E-state index in [4.69, 9.17) is 0 Å². The highest BCUT2D eigenvalue weighted by Gasteiger charge is 2.23. The molecule has 33 heavy (non-hydrogen) atoms. The van der Waals surface area contributed by atoms with E-state index in [1.165, 1.54) is 24.3 Å². The normalized spacial score (nSPS) is 13.9. The Labute approximate surface area is 190 Å². The number of amides is 1. The third-order valence-corrected chi connectivity index (χ3v) is 5.45. The van der Waals surface area contributed by atoms with Crippen molar-refractivity contribution in [2.24, 2.45) is 4.99 Å². The van der Waals surface area contributed by atoms with Gasteiger partial charge in [-0.15, -0.1) is 0 Å². The van der Waals surface area contributed by atoms with Crippen molar-refractivity contribution in [2.45, 2.75) is 18.9 Å². The Morgan fingerprint density at radius 3 is 2.61 bits per heavy atom. The van der Waals surface area contributed by atoms with Crippen LogP contribution in [0.2, 0.25) is 0 Å². The number of hydrogen-bond acceptors (Lipinski definition) is 4. The predicted octanol–water partition coefficient (Wildman–Crippen LogP) is 3.97. The van der Waals surface area contributed by atoms with Gasteiger partial charge in [0.2, 0.25) is 0 Å². The van der Waals surface area contributed by atoms with Gasteiger partial charge in [0.15, 0.2) is 0 Å². The highest BCUT2D eigenvalue weighted by Crippen LogP contribution is 2.25. The summed E-state index contributed by atoms with van der Waals surface area (Å²) in [6.45, 7) is 0.202. The van der Waals surface area contributed by atoms with Gasteiger partial charge in [-0.25, -0.2) is 8.78 Å². The molecule has 0 aliphatic carbocycles. The van der Waals surface area contributed by atoms with Gasteiger partial charge in [-0.1, -0.05) is 24.3 Å². The number of carbonyl (C=O) groups is 1. The molecule has 2 aromatic carbocycles. The number of nitrogens with zero attached hydrogens (tertiary/aromatic N) is 2. The van der Waals surface area contributed by atoms with Gasteiger partial charge in [0, 0.05) is 36.5 Å². The maximum Gasteiger partial charge on any atom is 0.252 e. The Morgan fingerprint density at radius 1 is 1.06 bits per heavy atom. The second-order valence-electron chi connectivity index (χ2n) is 7.75. The number of aliphatic hydroxyl groups excluding tert-OH is 1. The molecule has 0 unspecified atom stereocenters. The van der Waals surface area contributed by atoms with E-state index in [2.05, 4.69) is 15.3 Å². The van der Waals surface area contributed by atoms with E-state index < -0.39 is 11.7 Å². The Morgan fingerprint density at radius 2 is 1.88 bits per heavy atom. The van der Waals surface area contributed by atoms with Crippen LogP contribution in [0.25, 0.3) is 5.57 Å². The average Bonchev–Trinajstić information content (AvgIpc) is 3.30. The zero-order valence-electron chi connectivity index (χ0n) is 17.8. The van der Waals surface area contributed by atoms with Gasteiger partial charge < -0.3 is 10.4 Å². The molecule has 1 amide bonds. The quantitative estimate of drug-likeness (QED) is 0.549. The SMILES string of the molecule is O=C(N[C@@H](CCO)Cc1ccccn1)c1cccc(F)c1C1=NCC(c2ccc(F)cc2)=C1. The number of pyridine rings is 1. The third-order valence-electron chi connectivity index (χ3n) is 5.45. The van der Waals surface area contributed by atoms with Crippen LogP contribution in [-0.2, 0) is 6.42 Å². The monoisotopic (exact) mass is 447 g/mol. The molecule has 1 atom stereocenters. The second-order valence-corrected chi connectivity index (χ2v) is 7.75. The number of aromatic nitrogens is 1. The van der Waals surface area contributed by atoms with Gasteiger partial charge in [-0.3, -0.25) is 14.8 Å². The zero-order chi connectivity index (χ0) is 23.2. The molecule has 1 aliphatic heterocycles. The molecule has 4 rings (SSSR count). The molecule has 0 radical (unpaired) electrons. The number of allylic oxidation sites excluding steroid dienone is 1. The van der Waals surface area contributed by atoms with Crippen LogP contribution in [0.3, 0.4) is 0 Å². The minimum absolute atomic E-state index is 0.107. The van der Waals surface area contributed by atoms with Gasteiger partial charge in [0.25, 0.3) is 5.91 Å². The molecule has 0 fully saturated rings. The lowest BCUT2D eigenvalue weighted by atomic mass is 9.98. The van der Waals surface area contributed by atoms with E-state index in [9.17, 15) is 18.7 Å². The van der Waals surface area contributed by atoms with Crippen molar-refractivity contribution in [3.8, 4) is 0 Å². The fourth-order valence-electron chi connectivity index (χ4n) is 3.81. The first-order chi connectivity index (χ1) is 16.0. The van der Waals surface area contributed by atoms with Gasteiger partial charge in [-0.2, -0.15) is 0 Å². The molecule has 1 aliphatic rings. The summed E-state index contributed by atoms with van der Waals surface area (Å²) in [4.78, 5) is 21.9. The molecule has 0 saturated heterocycles. The van der Waals surface area contributed by atoms with Crippen LogP contribution in [-0.4, -0.2) is 40.9 Å². The van der Waals surface area contributed by atoms with Gasteiger partial charge in [0.05, 0.1) is 17.8 Å². The standard InChI is InChI=1S/C26H23F2N3O2/c27-19-9-7-17(8-10-19)18-14-24(30-16-18)25-22(5-3-6-23(25)28)26(33)31-21(11-13-32)15-20-4-1-2-12-29-20/h1-10,12,14,21,32H,11,13,15-16H2,(H,31,33)/t21-/m0/s1. The first-order valence-corrected chi connectivity index (χ1v) is 10.7. The van der Waals surface area contributed by atoms with Gasteiger partial charge in [0.1, 0.15) is 11.6 Å². The minimum Gasteiger partial charge on any atom is -0.396 e. The molecular weight excluding hydrogens is 424 g/mol. The van der Waals surface area contributed by atoms with Crippen molar-refractivity contribution in [2.75, 3.05) is 13.2 Å². The lowest BCUT2D eigenvalue weighted by Crippen LogP contribution is -2.38. The number of aliphatic imine (C=N–C) groups is 1. The lowest BCUT2D eigenvalue weighted by Gasteiger charge is -2.19. The summed E-state index contributed by atoms with van der Waals surface area (Å²) in [7, 11) is 0. The Hall–Kier alpha value is -3.71. The summed E-state index contributed by atoms with van der Waals surface area (Å²) >= 11 is 0. The highest BCUT2D eigenvalue weighted by molar-refractivity contribution is 6.19. The number of benzene rings is 2. The van der Waals surface area contributed by atoms with Crippen molar-refractivity contribution in [3.63, 3.8) is 0 Å². The highest BCUT2D eigenvalue weighted by atomic mass is 19.1. The van der Waals surface area contributed by atoms with Crippen molar-refractivity contribution < 1.29 is 18.7 Å². The molecule has 5 nitrogen and oxygen atoms in total. The van der Waals surface area contributed by atoms with E-state index in [0.717, 1.165) is 16.8 Å². The molecule has 1 aromatic heterocycles. The van der Waals surface area contributed by atoms with Crippen LogP contribution in [0.1, 0.15) is 33.6 Å². The van der Waals surface area contributed by atoms with Crippen LogP contribution in [0.15, 0.2) is 77.9 Å². The summed E-state index contributed by atoms with van der Waals surface area (Å²) in [6, 6.07) is 15.5. The molecule has 0 bridgehead atoms. The van der Waals surface area contributed by atoms with Crippen LogP contribution < -0.4 is 5.32 Å². The first kappa shape index (κ1) is 22.5. The summed E-state index contributed by atoms with van der Waals surface area (Å²) < 4.78 is 28.1. The molecule has 3 aromatic rings. The van der Waals surface area contributed by atoms with Crippen LogP contribution in [0.5, 0.6) is 0 Å². The summed E-state index contributed by atoms with van der Waals surface area (Å²) in [5.41, 5.74) is 3.02. The molecule has 0 saturated carbocycles. The number of hydrogen-bond donors (Lipinski definition) is 2. The van der Waals surface area contributed by atoms with Crippen LogP contribution in [0, 0.1) is 11.6 Å². The molecule has 7 heteroatoms. The summed E-state index contributed by atoms with van der Waals surface area (Å²) in [6.07, 6.45) is 4.17. The number of rotatable bonds is 8. The number of nitrogens with one attached hydrogen (secondary N) is 1. The summed E-state index contributed by atoms with van der Waals surface area (Å²) in [5.74, 6) is -1.35. The largest absolute Gasteiger partial charge is 0.396 e. The lowest BCUT2D eigenvalue weighted by molar-refractivity contribution is 0.0929. The van der Waals surface area contributed by atoms with E-state index in [1.54, 1.807) is 36.5 Å². The average molecular weight is 447 g/mol. The Kier molecular flexibility index (Phi) is 7.00. The molecular formula is C26H23F2N3O2. The Bertz CT molecular complexity index is 1190. The molecule has 168 valence electrons. The van der Waals surface area contributed by atoms with Gasteiger partial charge in [-0.05, 0) is 60.0 Å².